The minimum atomic E-state index is -0.318. The largest absolute Gasteiger partial charge is 0.491 e. The molecule has 0 saturated carbocycles. The van der Waals surface area contributed by atoms with Crippen molar-refractivity contribution in [2.24, 2.45) is 0 Å². The molecule has 0 amide bonds. The van der Waals surface area contributed by atoms with Crippen molar-refractivity contribution in [3.63, 3.8) is 0 Å². The Labute approximate surface area is 170 Å². The molecule has 2 aromatic carbocycles. The van der Waals surface area contributed by atoms with E-state index in [9.17, 15) is 9.59 Å². The predicted octanol–water partition coefficient (Wildman–Crippen LogP) is 2.88. The average Bonchev–Trinajstić information content (AvgIpc) is 3.14. The van der Waals surface area contributed by atoms with E-state index in [1.54, 1.807) is 6.07 Å². The fourth-order valence-electron chi connectivity index (χ4n) is 4.01. The lowest BCUT2D eigenvalue weighted by molar-refractivity contribution is -0.0505. The predicted molar refractivity (Wildman–Crippen MR) is 107 cm³/mol. The van der Waals surface area contributed by atoms with E-state index in [4.69, 9.17) is 14.2 Å². The van der Waals surface area contributed by atoms with Crippen LogP contribution in [0.3, 0.4) is 0 Å². The van der Waals surface area contributed by atoms with Gasteiger partial charge in [-0.3, -0.25) is 9.69 Å². The highest BCUT2D eigenvalue weighted by Gasteiger charge is 2.25. The number of ketones is 1. The highest BCUT2D eigenvalue weighted by molar-refractivity contribution is 6.01. The van der Waals surface area contributed by atoms with Gasteiger partial charge in [0.25, 0.3) is 0 Å². The Morgan fingerprint density at radius 1 is 1.17 bits per heavy atom. The second-order valence-electron chi connectivity index (χ2n) is 7.39. The first-order valence-corrected chi connectivity index (χ1v) is 9.94. The molecule has 2 aromatic rings. The van der Waals surface area contributed by atoms with E-state index in [0.717, 1.165) is 35.4 Å². The number of esters is 1. The van der Waals surface area contributed by atoms with Crippen LogP contribution >= 0.6 is 0 Å². The Morgan fingerprint density at radius 2 is 2.03 bits per heavy atom. The first-order valence-electron chi connectivity index (χ1n) is 9.94. The molecule has 0 N–H and O–H groups in total. The number of rotatable bonds is 6. The third-order valence-electron chi connectivity index (χ3n) is 5.50. The van der Waals surface area contributed by atoms with Gasteiger partial charge in [-0.15, -0.1) is 0 Å². The maximum Gasteiger partial charge on any atom is 0.338 e. The molecule has 1 saturated heterocycles. The smallest absolute Gasteiger partial charge is 0.338 e. The van der Waals surface area contributed by atoms with Gasteiger partial charge in [0.05, 0.1) is 19.3 Å². The van der Waals surface area contributed by atoms with Gasteiger partial charge in [0.1, 0.15) is 18.5 Å². The van der Waals surface area contributed by atoms with E-state index in [1.807, 2.05) is 36.4 Å². The molecule has 0 bridgehead atoms. The number of hydrogen-bond donors (Lipinski definition) is 0. The van der Waals surface area contributed by atoms with Crippen LogP contribution in [0.5, 0.6) is 5.75 Å². The summed E-state index contributed by atoms with van der Waals surface area (Å²) in [4.78, 5) is 26.2. The first kappa shape index (κ1) is 19.6. The molecule has 152 valence electrons. The van der Waals surface area contributed by atoms with Crippen LogP contribution in [-0.2, 0) is 22.4 Å². The average molecular weight is 395 g/mol. The topological polar surface area (TPSA) is 65.1 Å². The third-order valence-corrected chi connectivity index (χ3v) is 5.50. The van der Waals surface area contributed by atoms with Crippen LogP contribution in [-0.4, -0.2) is 56.2 Å². The molecule has 1 atom stereocenters. The van der Waals surface area contributed by atoms with Crippen molar-refractivity contribution >= 4 is 11.8 Å². The van der Waals surface area contributed by atoms with Crippen LogP contribution in [0.2, 0.25) is 0 Å². The minimum Gasteiger partial charge on any atom is -0.491 e. The van der Waals surface area contributed by atoms with E-state index >= 15 is 0 Å². The van der Waals surface area contributed by atoms with Gasteiger partial charge >= 0.3 is 5.97 Å². The van der Waals surface area contributed by atoms with Gasteiger partial charge in [-0.1, -0.05) is 30.3 Å². The SMILES string of the molecule is COC(=O)c1ccccc1CN1CCOC(COc2cccc3c2CCC3=O)C1. The van der Waals surface area contributed by atoms with Crippen molar-refractivity contribution in [2.75, 3.05) is 33.4 Å². The van der Waals surface area contributed by atoms with Gasteiger partial charge in [0.15, 0.2) is 5.78 Å². The van der Waals surface area contributed by atoms with Crippen molar-refractivity contribution in [1.82, 2.24) is 4.90 Å². The monoisotopic (exact) mass is 395 g/mol. The number of nitrogens with zero attached hydrogens (tertiary/aromatic N) is 1. The fraction of sp³-hybridized carbons (Fsp3) is 0.391. The number of ether oxygens (including phenoxy) is 3. The summed E-state index contributed by atoms with van der Waals surface area (Å²) in [6.07, 6.45) is 1.23. The summed E-state index contributed by atoms with van der Waals surface area (Å²) in [6, 6.07) is 13.2. The summed E-state index contributed by atoms with van der Waals surface area (Å²) in [7, 11) is 1.40. The van der Waals surface area contributed by atoms with E-state index < -0.39 is 0 Å². The number of benzene rings is 2. The summed E-state index contributed by atoms with van der Waals surface area (Å²) >= 11 is 0. The summed E-state index contributed by atoms with van der Waals surface area (Å²) < 4.78 is 16.8. The molecule has 0 radical (unpaired) electrons. The number of fused-ring (bicyclic) bond motifs is 1. The summed E-state index contributed by atoms with van der Waals surface area (Å²) in [5.41, 5.74) is 3.34. The zero-order valence-electron chi connectivity index (χ0n) is 16.6. The van der Waals surface area contributed by atoms with Crippen LogP contribution < -0.4 is 4.74 Å². The Hall–Kier alpha value is -2.70. The van der Waals surface area contributed by atoms with Gasteiger partial charge in [-0.2, -0.15) is 0 Å². The lowest BCUT2D eigenvalue weighted by Gasteiger charge is -2.33. The zero-order chi connectivity index (χ0) is 20.2. The molecular formula is C23H25NO5. The van der Waals surface area contributed by atoms with Crippen LogP contribution in [0.25, 0.3) is 0 Å². The standard InChI is InChI=1S/C23H25NO5/c1-27-23(26)18-6-3-2-5-16(18)13-24-11-12-28-17(14-24)15-29-22-8-4-7-19-20(22)9-10-21(19)25/h2-8,17H,9-15H2,1H3. The maximum atomic E-state index is 12.0. The fourth-order valence-corrected chi connectivity index (χ4v) is 4.01. The molecule has 29 heavy (non-hydrogen) atoms. The van der Waals surface area contributed by atoms with Gasteiger partial charge in [-0.25, -0.2) is 4.79 Å². The van der Waals surface area contributed by atoms with Crippen molar-refractivity contribution in [1.29, 1.82) is 0 Å². The van der Waals surface area contributed by atoms with Crippen molar-refractivity contribution in [2.45, 2.75) is 25.5 Å². The molecule has 1 fully saturated rings. The molecule has 4 rings (SSSR count). The molecule has 2 aliphatic rings. The van der Waals surface area contributed by atoms with Gasteiger partial charge in [0.2, 0.25) is 0 Å². The van der Waals surface area contributed by atoms with Crippen molar-refractivity contribution in [3.8, 4) is 5.75 Å². The van der Waals surface area contributed by atoms with Crippen molar-refractivity contribution < 1.29 is 23.8 Å². The molecule has 1 unspecified atom stereocenters. The Balaban J connectivity index is 1.38. The zero-order valence-corrected chi connectivity index (χ0v) is 16.6. The molecule has 0 spiro atoms. The lowest BCUT2D eigenvalue weighted by atomic mass is 10.1. The van der Waals surface area contributed by atoms with Gasteiger partial charge in [-0.05, 0) is 24.1 Å². The van der Waals surface area contributed by atoms with Crippen LogP contribution in [0, 0.1) is 0 Å². The van der Waals surface area contributed by atoms with Crippen molar-refractivity contribution in [3.05, 3.63) is 64.7 Å². The van der Waals surface area contributed by atoms with Gasteiger partial charge < -0.3 is 14.2 Å². The van der Waals surface area contributed by atoms with Crippen LogP contribution in [0.15, 0.2) is 42.5 Å². The Kier molecular flexibility index (Phi) is 5.92. The molecular weight excluding hydrogens is 370 g/mol. The second kappa shape index (κ2) is 8.76. The summed E-state index contributed by atoms with van der Waals surface area (Å²) in [5, 5.41) is 0. The Morgan fingerprint density at radius 3 is 2.90 bits per heavy atom. The molecule has 0 aromatic heterocycles. The lowest BCUT2D eigenvalue weighted by Crippen LogP contribution is -2.44. The van der Waals surface area contributed by atoms with Crippen LogP contribution in [0.1, 0.15) is 38.3 Å². The van der Waals surface area contributed by atoms with E-state index in [0.29, 0.717) is 38.3 Å². The maximum absolute atomic E-state index is 12.0. The van der Waals surface area contributed by atoms with E-state index in [-0.39, 0.29) is 17.9 Å². The molecule has 6 heteroatoms. The first-order chi connectivity index (χ1) is 14.2. The number of Topliss-reactive ketones (excluding diaryl/α,β-unsaturated/α-hetero) is 1. The van der Waals surface area contributed by atoms with Crippen LogP contribution in [0.4, 0.5) is 0 Å². The summed E-state index contributed by atoms with van der Waals surface area (Å²) in [6.45, 7) is 3.20. The molecule has 1 aliphatic heterocycles. The molecule has 6 nitrogen and oxygen atoms in total. The summed E-state index contributed by atoms with van der Waals surface area (Å²) in [5.74, 6) is 0.654. The minimum absolute atomic E-state index is 0.0676. The quantitative estimate of drug-likeness (QED) is 0.701. The molecule has 1 heterocycles. The number of morpholine rings is 1. The highest BCUT2D eigenvalue weighted by Crippen LogP contribution is 2.30. The second-order valence-corrected chi connectivity index (χ2v) is 7.39. The number of carbonyl (C=O) groups is 2. The Bertz CT molecular complexity index is 910. The highest BCUT2D eigenvalue weighted by atomic mass is 16.5. The third kappa shape index (κ3) is 4.33. The normalized spacial score (nSPS) is 19.1. The van der Waals surface area contributed by atoms with Gasteiger partial charge in [0, 0.05) is 37.2 Å². The van der Waals surface area contributed by atoms with E-state index in [2.05, 4.69) is 4.90 Å². The van der Waals surface area contributed by atoms with E-state index in [1.165, 1.54) is 7.11 Å². The number of methoxy groups -OCH3 is 1. The molecule has 1 aliphatic carbocycles. The number of carbonyl (C=O) groups excluding carboxylic acids is 2. The number of hydrogen-bond acceptors (Lipinski definition) is 6.